The van der Waals surface area contributed by atoms with Crippen LogP contribution in [0.5, 0.6) is 0 Å². The molecule has 2 aliphatic rings. The fourth-order valence-corrected chi connectivity index (χ4v) is 2.53. The lowest BCUT2D eigenvalue weighted by molar-refractivity contribution is 0.178. The Morgan fingerprint density at radius 1 is 1.40 bits per heavy atom. The van der Waals surface area contributed by atoms with E-state index in [2.05, 4.69) is 5.32 Å². The zero-order chi connectivity index (χ0) is 10.5. The molecular formula is C12H14FNO. The van der Waals surface area contributed by atoms with E-state index in [0.29, 0.717) is 6.54 Å². The lowest BCUT2D eigenvalue weighted by Crippen LogP contribution is -2.25. The third-order valence-corrected chi connectivity index (χ3v) is 3.60. The second kappa shape index (κ2) is 3.03. The Morgan fingerprint density at radius 3 is 2.93 bits per heavy atom. The molecule has 3 heteroatoms. The first kappa shape index (κ1) is 9.31. The third kappa shape index (κ3) is 1.38. The summed E-state index contributed by atoms with van der Waals surface area (Å²) in [7, 11) is 0. The van der Waals surface area contributed by atoms with Gasteiger partial charge in [0.2, 0.25) is 0 Å². The van der Waals surface area contributed by atoms with Crippen LogP contribution in [0.4, 0.5) is 4.39 Å². The molecule has 1 atom stereocenters. The Bertz CT molecular complexity index is 401. The summed E-state index contributed by atoms with van der Waals surface area (Å²) in [5, 5.41) is 13.2. The molecule has 2 N–H and O–H groups in total. The lowest BCUT2D eigenvalue weighted by Gasteiger charge is -2.16. The molecule has 1 unspecified atom stereocenters. The second-order valence-electron chi connectivity index (χ2n) is 4.66. The summed E-state index contributed by atoms with van der Waals surface area (Å²) in [6.07, 6.45) is 1.70. The van der Waals surface area contributed by atoms with E-state index in [-0.39, 0.29) is 11.2 Å². The third-order valence-electron chi connectivity index (χ3n) is 3.60. The van der Waals surface area contributed by atoms with Crippen molar-refractivity contribution in [3.63, 3.8) is 0 Å². The molecule has 80 valence electrons. The van der Waals surface area contributed by atoms with Crippen LogP contribution in [-0.2, 0) is 5.41 Å². The topological polar surface area (TPSA) is 32.3 Å². The SMILES string of the molecule is OC1CNCC2(CC2)c2cc(F)ccc21. The molecular weight excluding hydrogens is 193 g/mol. The molecule has 1 aliphatic heterocycles. The number of aliphatic hydroxyl groups is 1. The van der Waals surface area contributed by atoms with Gasteiger partial charge in [-0.3, -0.25) is 0 Å². The maximum atomic E-state index is 13.2. The highest BCUT2D eigenvalue weighted by Crippen LogP contribution is 2.50. The summed E-state index contributed by atoms with van der Waals surface area (Å²) in [5.41, 5.74) is 2.02. The van der Waals surface area contributed by atoms with Gasteiger partial charge in [0.25, 0.3) is 0 Å². The Balaban J connectivity index is 2.15. The first-order chi connectivity index (χ1) is 7.21. The van der Waals surface area contributed by atoms with Gasteiger partial charge >= 0.3 is 0 Å². The quantitative estimate of drug-likeness (QED) is 0.675. The van der Waals surface area contributed by atoms with E-state index in [1.807, 2.05) is 0 Å². The van der Waals surface area contributed by atoms with E-state index in [0.717, 1.165) is 30.5 Å². The molecule has 2 nitrogen and oxygen atoms in total. The van der Waals surface area contributed by atoms with Crippen molar-refractivity contribution in [1.29, 1.82) is 0 Å². The van der Waals surface area contributed by atoms with Gasteiger partial charge in [0.15, 0.2) is 0 Å². The van der Waals surface area contributed by atoms with Crippen molar-refractivity contribution >= 4 is 0 Å². The van der Waals surface area contributed by atoms with Crippen LogP contribution in [0.15, 0.2) is 18.2 Å². The molecule has 1 aromatic rings. The number of β-amino-alcohol motifs (C(OH)–C–C–N with tert-alkyl or cyclic N) is 1. The van der Waals surface area contributed by atoms with Gasteiger partial charge in [0, 0.05) is 18.5 Å². The predicted molar refractivity (Wildman–Crippen MR) is 55.1 cm³/mol. The molecule has 1 aliphatic carbocycles. The van der Waals surface area contributed by atoms with E-state index >= 15 is 0 Å². The van der Waals surface area contributed by atoms with Crippen LogP contribution < -0.4 is 5.32 Å². The van der Waals surface area contributed by atoms with Crippen molar-refractivity contribution < 1.29 is 9.50 Å². The molecule has 1 saturated carbocycles. The molecule has 0 amide bonds. The van der Waals surface area contributed by atoms with E-state index < -0.39 is 6.10 Å². The lowest BCUT2D eigenvalue weighted by atomic mass is 9.90. The molecule has 1 fully saturated rings. The standard InChI is InChI=1S/C12H14FNO/c13-8-1-2-9-10(5-8)12(3-4-12)7-14-6-11(9)15/h1-2,5,11,14-15H,3-4,6-7H2. The largest absolute Gasteiger partial charge is 0.387 e. The zero-order valence-electron chi connectivity index (χ0n) is 8.46. The van der Waals surface area contributed by atoms with Gasteiger partial charge in [-0.15, -0.1) is 0 Å². The van der Waals surface area contributed by atoms with Gasteiger partial charge in [-0.25, -0.2) is 4.39 Å². The molecule has 0 bridgehead atoms. The maximum absolute atomic E-state index is 13.2. The highest BCUT2D eigenvalue weighted by molar-refractivity contribution is 5.41. The van der Waals surface area contributed by atoms with E-state index in [1.54, 1.807) is 12.1 Å². The molecule has 15 heavy (non-hydrogen) atoms. The number of nitrogens with one attached hydrogen (secondary N) is 1. The molecule has 0 aromatic heterocycles. The normalized spacial score (nSPS) is 27.2. The van der Waals surface area contributed by atoms with Crippen molar-refractivity contribution in [2.24, 2.45) is 0 Å². The fourth-order valence-electron chi connectivity index (χ4n) is 2.53. The summed E-state index contributed by atoms with van der Waals surface area (Å²) in [5.74, 6) is -0.200. The van der Waals surface area contributed by atoms with Crippen molar-refractivity contribution in [2.45, 2.75) is 24.4 Å². The molecule has 0 radical (unpaired) electrons. The Labute approximate surface area is 88.1 Å². The Kier molecular flexibility index (Phi) is 1.88. The summed E-state index contributed by atoms with van der Waals surface area (Å²) in [6.45, 7) is 1.43. The molecule has 1 heterocycles. The fraction of sp³-hybridized carbons (Fsp3) is 0.500. The monoisotopic (exact) mass is 207 g/mol. The average molecular weight is 207 g/mol. The number of benzene rings is 1. The summed E-state index contributed by atoms with van der Waals surface area (Å²) >= 11 is 0. The number of fused-ring (bicyclic) bond motifs is 2. The van der Waals surface area contributed by atoms with E-state index in [9.17, 15) is 9.50 Å². The Morgan fingerprint density at radius 2 is 2.20 bits per heavy atom. The van der Waals surface area contributed by atoms with Gasteiger partial charge in [0.1, 0.15) is 5.82 Å². The van der Waals surface area contributed by atoms with Crippen molar-refractivity contribution in [1.82, 2.24) is 5.32 Å². The number of rotatable bonds is 0. The molecule has 3 rings (SSSR count). The maximum Gasteiger partial charge on any atom is 0.123 e. The van der Waals surface area contributed by atoms with Crippen LogP contribution >= 0.6 is 0 Å². The summed E-state index contributed by atoms with van der Waals surface area (Å²) in [4.78, 5) is 0. The van der Waals surface area contributed by atoms with Gasteiger partial charge < -0.3 is 10.4 Å². The first-order valence-electron chi connectivity index (χ1n) is 5.40. The van der Waals surface area contributed by atoms with Crippen molar-refractivity contribution in [3.8, 4) is 0 Å². The summed E-state index contributed by atoms with van der Waals surface area (Å²) in [6, 6.07) is 4.75. The minimum atomic E-state index is -0.499. The average Bonchev–Trinajstić information content (AvgIpc) is 2.99. The van der Waals surface area contributed by atoms with Gasteiger partial charge in [-0.1, -0.05) is 6.07 Å². The van der Waals surface area contributed by atoms with Crippen LogP contribution in [0.3, 0.4) is 0 Å². The van der Waals surface area contributed by atoms with Crippen molar-refractivity contribution in [2.75, 3.05) is 13.1 Å². The van der Waals surface area contributed by atoms with E-state index in [1.165, 1.54) is 6.07 Å². The van der Waals surface area contributed by atoms with Gasteiger partial charge in [-0.2, -0.15) is 0 Å². The first-order valence-corrected chi connectivity index (χ1v) is 5.40. The number of aliphatic hydroxyl groups excluding tert-OH is 1. The van der Waals surface area contributed by atoms with Crippen LogP contribution in [-0.4, -0.2) is 18.2 Å². The number of halogens is 1. The van der Waals surface area contributed by atoms with E-state index in [4.69, 9.17) is 0 Å². The van der Waals surface area contributed by atoms with Crippen molar-refractivity contribution in [3.05, 3.63) is 35.1 Å². The number of hydrogen-bond acceptors (Lipinski definition) is 2. The molecule has 1 spiro atoms. The highest BCUT2D eigenvalue weighted by Gasteiger charge is 2.47. The van der Waals surface area contributed by atoms with Crippen LogP contribution in [0, 0.1) is 5.82 Å². The number of hydrogen-bond donors (Lipinski definition) is 2. The smallest absolute Gasteiger partial charge is 0.123 e. The Hall–Kier alpha value is -0.930. The van der Waals surface area contributed by atoms with Crippen LogP contribution in [0.2, 0.25) is 0 Å². The second-order valence-corrected chi connectivity index (χ2v) is 4.66. The molecule has 1 aromatic carbocycles. The molecule has 0 saturated heterocycles. The van der Waals surface area contributed by atoms with Crippen LogP contribution in [0.1, 0.15) is 30.1 Å². The van der Waals surface area contributed by atoms with Crippen LogP contribution in [0.25, 0.3) is 0 Å². The predicted octanol–water partition coefficient (Wildman–Crippen LogP) is 1.49. The minimum Gasteiger partial charge on any atom is -0.387 e. The van der Waals surface area contributed by atoms with Gasteiger partial charge in [-0.05, 0) is 36.1 Å². The van der Waals surface area contributed by atoms with Gasteiger partial charge in [0.05, 0.1) is 6.10 Å². The summed E-state index contributed by atoms with van der Waals surface area (Å²) < 4.78 is 13.2. The highest BCUT2D eigenvalue weighted by atomic mass is 19.1. The minimum absolute atomic E-state index is 0.106. The zero-order valence-corrected chi connectivity index (χ0v) is 8.46.